The number of likely N-dealkylation sites (tertiary alicyclic amines) is 1. The van der Waals surface area contributed by atoms with Gasteiger partial charge in [-0.3, -0.25) is 9.89 Å². The summed E-state index contributed by atoms with van der Waals surface area (Å²) in [5.41, 5.74) is 1.19. The van der Waals surface area contributed by atoms with Gasteiger partial charge in [0.15, 0.2) is 5.96 Å². The SMILES string of the molecule is CN=C(NCc1ccc(OC)c(Br)c1)NC1CCN(C2CCCC2)C1.I. The molecule has 5 nitrogen and oxygen atoms in total. The Morgan fingerprint density at radius 1 is 1.31 bits per heavy atom. The van der Waals surface area contributed by atoms with E-state index < -0.39 is 0 Å². The molecule has 1 aliphatic heterocycles. The molecule has 1 atom stereocenters. The third-order valence-electron chi connectivity index (χ3n) is 5.30. The number of methoxy groups -OCH3 is 1. The number of ether oxygens (including phenoxy) is 1. The molecule has 3 rings (SSSR count). The van der Waals surface area contributed by atoms with Gasteiger partial charge in [-0.2, -0.15) is 0 Å². The summed E-state index contributed by atoms with van der Waals surface area (Å²) in [6.07, 6.45) is 6.77. The highest BCUT2D eigenvalue weighted by atomic mass is 127. The summed E-state index contributed by atoms with van der Waals surface area (Å²) in [5.74, 6) is 1.73. The van der Waals surface area contributed by atoms with Crippen LogP contribution in [0.15, 0.2) is 27.7 Å². The van der Waals surface area contributed by atoms with E-state index in [1.54, 1.807) is 7.11 Å². The van der Waals surface area contributed by atoms with Gasteiger partial charge in [0.2, 0.25) is 0 Å². The molecule has 0 amide bonds. The van der Waals surface area contributed by atoms with Crippen LogP contribution in [0.3, 0.4) is 0 Å². The van der Waals surface area contributed by atoms with E-state index in [0.29, 0.717) is 6.04 Å². The van der Waals surface area contributed by atoms with Crippen LogP contribution in [0.5, 0.6) is 5.75 Å². The fourth-order valence-corrected chi connectivity index (χ4v) is 4.49. The molecule has 1 saturated carbocycles. The lowest BCUT2D eigenvalue weighted by Crippen LogP contribution is -2.45. The molecular weight excluding hydrogens is 507 g/mol. The topological polar surface area (TPSA) is 48.9 Å². The van der Waals surface area contributed by atoms with E-state index in [2.05, 4.69) is 48.6 Å². The van der Waals surface area contributed by atoms with E-state index in [1.165, 1.54) is 44.2 Å². The predicted molar refractivity (Wildman–Crippen MR) is 122 cm³/mol. The third kappa shape index (κ3) is 5.73. The molecule has 1 unspecified atom stereocenters. The molecule has 0 bridgehead atoms. The van der Waals surface area contributed by atoms with E-state index in [9.17, 15) is 0 Å². The van der Waals surface area contributed by atoms with Crippen LogP contribution in [0.4, 0.5) is 0 Å². The van der Waals surface area contributed by atoms with Gasteiger partial charge >= 0.3 is 0 Å². The summed E-state index contributed by atoms with van der Waals surface area (Å²) < 4.78 is 6.25. The highest BCUT2D eigenvalue weighted by Gasteiger charge is 2.30. The van der Waals surface area contributed by atoms with Crippen LogP contribution in [-0.2, 0) is 6.54 Å². The van der Waals surface area contributed by atoms with Gasteiger partial charge in [-0.05, 0) is 52.9 Å². The van der Waals surface area contributed by atoms with Crippen molar-refractivity contribution in [3.05, 3.63) is 28.2 Å². The van der Waals surface area contributed by atoms with E-state index in [1.807, 2.05) is 13.1 Å². The second kappa shape index (κ2) is 10.7. The Morgan fingerprint density at radius 3 is 2.73 bits per heavy atom. The average molecular weight is 537 g/mol. The zero-order valence-electron chi connectivity index (χ0n) is 15.6. The molecule has 0 aromatic heterocycles. The summed E-state index contributed by atoms with van der Waals surface area (Å²) in [6, 6.07) is 7.44. The lowest BCUT2D eigenvalue weighted by atomic mass is 10.2. The van der Waals surface area contributed by atoms with Crippen LogP contribution in [0, 0.1) is 0 Å². The van der Waals surface area contributed by atoms with Crippen molar-refractivity contribution in [2.75, 3.05) is 27.2 Å². The molecule has 1 aromatic rings. The van der Waals surface area contributed by atoms with Gasteiger partial charge in [0, 0.05) is 38.8 Å². The van der Waals surface area contributed by atoms with E-state index in [0.717, 1.165) is 35.3 Å². The number of aliphatic imine (C=N–C) groups is 1. The first-order valence-electron chi connectivity index (χ1n) is 9.23. The highest BCUT2D eigenvalue weighted by Crippen LogP contribution is 2.27. The zero-order valence-corrected chi connectivity index (χ0v) is 19.5. The van der Waals surface area contributed by atoms with E-state index in [-0.39, 0.29) is 24.0 Å². The van der Waals surface area contributed by atoms with Crippen LogP contribution in [0.1, 0.15) is 37.7 Å². The molecule has 1 aromatic carbocycles. The van der Waals surface area contributed by atoms with Gasteiger partial charge in [-0.15, -0.1) is 24.0 Å². The van der Waals surface area contributed by atoms with Crippen LogP contribution >= 0.6 is 39.9 Å². The fourth-order valence-electron chi connectivity index (χ4n) is 3.90. The first-order chi connectivity index (χ1) is 12.2. The third-order valence-corrected chi connectivity index (χ3v) is 5.92. The summed E-state index contributed by atoms with van der Waals surface area (Å²) in [7, 11) is 3.52. The molecule has 1 heterocycles. The van der Waals surface area contributed by atoms with Gasteiger partial charge in [-0.25, -0.2) is 0 Å². The van der Waals surface area contributed by atoms with Gasteiger partial charge in [0.1, 0.15) is 5.75 Å². The summed E-state index contributed by atoms with van der Waals surface area (Å²) in [5, 5.41) is 7.01. The lowest BCUT2D eigenvalue weighted by Gasteiger charge is -2.24. The summed E-state index contributed by atoms with van der Waals surface area (Å²) in [4.78, 5) is 7.05. The van der Waals surface area contributed by atoms with Crippen molar-refractivity contribution in [1.29, 1.82) is 0 Å². The van der Waals surface area contributed by atoms with Crippen molar-refractivity contribution in [3.63, 3.8) is 0 Å². The second-order valence-corrected chi connectivity index (χ2v) is 7.81. The minimum Gasteiger partial charge on any atom is -0.496 e. The summed E-state index contributed by atoms with van der Waals surface area (Å²) >= 11 is 3.54. The van der Waals surface area contributed by atoms with E-state index in [4.69, 9.17) is 4.74 Å². The molecule has 2 aliphatic rings. The molecule has 26 heavy (non-hydrogen) atoms. The quantitative estimate of drug-likeness (QED) is 0.342. The van der Waals surface area contributed by atoms with Crippen molar-refractivity contribution in [2.45, 2.75) is 50.7 Å². The first kappa shape index (κ1) is 21.8. The molecule has 146 valence electrons. The lowest BCUT2D eigenvalue weighted by molar-refractivity contribution is 0.242. The maximum Gasteiger partial charge on any atom is 0.191 e. The Kier molecular flexibility index (Phi) is 8.96. The Morgan fingerprint density at radius 2 is 2.08 bits per heavy atom. The average Bonchev–Trinajstić information content (AvgIpc) is 3.30. The molecule has 1 aliphatic carbocycles. The number of benzene rings is 1. The molecular formula is C19H30BrIN4O. The second-order valence-electron chi connectivity index (χ2n) is 6.96. The van der Waals surface area contributed by atoms with Crippen molar-refractivity contribution >= 4 is 45.9 Å². The molecule has 1 saturated heterocycles. The van der Waals surface area contributed by atoms with Crippen LogP contribution in [0.2, 0.25) is 0 Å². The normalized spacial score (nSPS) is 21.5. The molecule has 0 radical (unpaired) electrons. The Balaban J connectivity index is 0.00000243. The Bertz CT molecular complexity index is 607. The van der Waals surface area contributed by atoms with Crippen LogP contribution in [-0.4, -0.2) is 50.2 Å². The monoisotopic (exact) mass is 536 g/mol. The van der Waals surface area contributed by atoms with Crippen molar-refractivity contribution in [2.24, 2.45) is 4.99 Å². The predicted octanol–water partition coefficient (Wildman–Crippen LogP) is 3.76. The summed E-state index contributed by atoms with van der Waals surface area (Å²) in [6.45, 7) is 3.09. The number of hydrogen-bond acceptors (Lipinski definition) is 3. The Labute approximate surface area is 182 Å². The minimum atomic E-state index is 0. The number of halogens is 2. The van der Waals surface area contributed by atoms with Gasteiger partial charge < -0.3 is 15.4 Å². The molecule has 0 spiro atoms. The minimum absolute atomic E-state index is 0. The number of guanidine groups is 1. The number of hydrogen-bond donors (Lipinski definition) is 2. The van der Waals surface area contributed by atoms with Gasteiger partial charge in [-0.1, -0.05) is 18.9 Å². The van der Waals surface area contributed by atoms with E-state index >= 15 is 0 Å². The number of nitrogens with one attached hydrogen (secondary N) is 2. The fraction of sp³-hybridized carbons (Fsp3) is 0.632. The number of rotatable bonds is 5. The molecule has 7 heteroatoms. The van der Waals surface area contributed by atoms with Crippen molar-refractivity contribution in [1.82, 2.24) is 15.5 Å². The number of nitrogens with zero attached hydrogens (tertiary/aromatic N) is 2. The zero-order chi connectivity index (χ0) is 17.6. The first-order valence-corrected chi connectivity index (χ1v) is 10.0. The maximum atomic E-state index is 5.28. The largest absolute Gasteiger partial charge is 0.496 e. The molecule has 2 fully saturated rings. The molecule has 2 N–H and O–H groups in total. The van der Waals surface area contributed by atoms with Crippen LogP contribution < -0.4 is 15.4 Å². The maximum absolute atomic E-state index is 5.28. The van der Waals surface area contributed by atoms with Crippen molar-refractivity contribution < 1.29 is 4.74 Å². The van der Waals surface area contributed by atoms with Gasteiger partial charge in [0.25, 0.3) is 0 Å². The highest BCUT2D eigenvalue weighted by molar-refractivity contribution is 14.0. The smallest absolute Gasteiger partial charge is 0.191 e. The Hall–Kier alpha value is -0.540. The van der Waals surface area contributed by atoms with Crippen LogP contribution in [0.25, 0.3) is 0 Å². The standard InChI is InChI=1S/C19H29BrN4O.HI/c1-21-19(22-12-14-7-8-18(25-2)17(20)11-14)23-15-9-10-24(13-15)16-5-3-4-6-16;/h7-8,11,15-16H,3-6,9-10,12-13H2,1-2H3,(H2,21,22,23);1H. The van der Waals surface area contributed by atoms with Crippen molar-refractivity contribution in [3.8, 4) is 5.75 Å². The van der Waals surface area contributed by atoms with Gasteiger partial charge in [0.05, 0.1) is 11.6 Å².